The summed E-state index contributed by atoms with van der Waals surface area (Å²) >= 11 is 0. The maximum Gasteiger partial charge on any atom is 0.254 e. The molecular weight excluding hydrogens is 182 g/mol. The van der Waals surface area contributed by atoms with Gasteiger partial charge < -0.3 is 14.8 Å². The largest absolute Gasteiger partial charge is 0.486 e. The van der Waals surface area contributed by atoms with E-state index < -0.39 is 0 Å². The molecule has 0 aromatic heterocycles. The molecule has 0 atom stereocenters. The Morgan fingerprint density at radius 1 is 1.36 bits per heavy atom. The lowest BCUT2D eigenvalue weighted by Gasteiger charge is -2.20. The highest BCUT2D eigenvalue weighted by Gasteiger charge is 2.18. The Bertz CT molecular complexity index is 362. The zero-order valence-corrected chi connectivity index (χ0v) is 7.87. The summed E-state index contributed by atoms with van der Waals surface area (Å²) in [7, 11) is 1.59. The number of carbonyl (C=O) groups excluding carboxylic acids is 1. The summed E-state index contributed by atoms with van der Waals surface area (Å²) in [6.45, 7) is 1.02. The third-order valence-corrected chi connectivity index (χ3v) is 2.04. The van der Waals surface area contributed by atoms with E-state index in [0.717, 1.165) is 0 Å². The Kier molecular flexibility index (Phi) is 2.26. The second kappa shape index (κ2) is 3.57. The topological polar surface area (TPSA) is 47.6 Å². The molecule has 0 radical (unpaired) electrons. The highest BCUT2D eigenvalue weighted by Crippen LogP contribution is 2.33. The molecule has 2 rings (SSSR count). The van der Waals surface area contributed by atoms with Gasteiger partial charge in [0.05, 0.1) is 5.56 Å². The monoisotopic (exact) mass is 193 g/mol. The second-order valence-corrected chi connectivity index (χ2v) is 2.91. The molecule has 74 valence electrons. The average molecular weight is 193 g/mol. The van der Waals surface area contributed by atoms with Gasteiger partial charge in [0.15, 0.2) is 11.5 Å². The van der Waals surface area contributed by atoms with Crippen LogP contribution >= 0.6 is 0 Å². The number of para-hydroxylation sites is 1. The summed E-state index contributed by atoms with van der Waals surface area (Å²) in [4.78, 5) is 11.4. The molecule has 1 N–H and O–H groups in total. The maximum absolute atomic E-state index is 11.4. The number of hydrogen-bond acceptors (Lipinski definition) is 3. The number of ether oxygens (including phenoxy) is 2. The van der Waals surface area contributed by atoms with Crippen molar-refractivity contribution in [2.24, 2.45) is 0 Å². The number of rotatable bonds is 1. The molecular formula is C10H11NO3. The number of amides is 1. The average Bonchev–Trinajstić information content (AvgIpc) is 2.27. The number of fused-ring (bicyclic) bond motifs is 1. The van der Waals surface area contributed by atoms with Crippen LogP contribution in [0.5, 0.6) is 11.5 Å². The Morgan fingerprint density at radius 3 is 2.93 bits per heavy atom. The van der Waals surface area contributed by atoms with Crippen LogP contribution in [0.25, 0.3) is 0 Å². The van der Waals surface area contributed by atoms with Gasteiger partial charge in [-0.05, 0) is 12.1 Å². The summed E-state index contributed by atoms with van der Waals surface area (Å²) in [5.74, 6) is 1.02. The van der Waals surface area contributed by atoms with Crippen molar-refractivity contribution in [3.63, 3.8) is 0 Å². The molecule has 0 saturated carbocycles. The molecule has 4 heteroatoms. The molecule has 0 fully saturated rings. The number of nitrogens with one attached hydrogen (secondary N) is 1. The molecule has 0 spiro atoms. The van der Waals surface area contributed by atoms with Crippen molar-refractivity contribution in [3.8, 4) is 11.5 Å². The van der Waals surface area contributed by atoms with Gasteiger partial charge in [-0.2, -0.15) is 0 Å². The van der Waals surface area contributed by atoms with Crippen molar-refractivity contribution < 1.29 is 14.3 Å². The predicted octanol–water partition coefficient (Wildman–Crippen LogP) is 0.817. The van der Waals surface area contributed by atoms with Crippen LogP contribution in [0.15, 0.2) is 18.2 Å². The molecule has 1 aliphatic rings. The van der Waals surface area contributed by atoms with Crippen molar-refractivity contribution in [2.45, 2.75) is 0 Å². The highest BCUT2D eigenvalue weighted by molar-refractivity contribution is 5.97. The minimum absolute atomic E-state index is 0.160. The van der Waals surface area contributed by atoms with Gasteiger partial charge in [0, 0.05) is 7.05 Å². The van der Waals surface area contributed by atoms with E-state index in [9.17, 15) is 4.79 Å². The van der Waals surface area contributed by atoms with Gasteiger partial charge in [0.2, 0.25) is 0 Å². The first-order valence-electron chi connectivity index (χ1n) is 4.43. The van der Waals surface area contributed by atoms with Gasteiger partial charge >= 0.3 is 0 Å². The van der Waals surface area contributed by atoms with Gasteiger partial charge in [-0.3, -0.25) is 4.79 Å². The fourth-order valence-corrected chi connectivity index (χ4v) is 1.39. The van der Waals surface area contributed by atoms with Crippen LogP contribution in [0.4, 0.5) is 0 Å². The summed E-state index contributed by atoms with van der Waals surface area (Å²) in [6, 6.07) is 5.28. The summed E-state index contributed by atoms with van der Waals surface area (Å²) in [5, 5.41) is 2.56. The van der Waals surface area contributed by atoms with Crippen LogP contribution in [-0.2, 0) is 0 Å². The third kappa shape index (κ3) is 1.39. The van der Waals surface area contributed by atoms with Gasteiger partial charge in [-0.25, -0.2) is 0 Å². The Morgan fingerprint density at radius 2 is 2.14 bits per heavy atom. The number of benzene rings is 1. The molecule has 1 aromatic carbocycles. The van der Waals surface area contributed by atoms with Crippen LogP contribution in [0.1, 0.15) is 10.4 Å². The second-order valence-electron chi connectivity index (χ2n) is 2.91. The summed E-state index contributed by atoms with van der Waals surface area (Å²) in [5.41, 5.74) is 0.518. The van der Waals surface area contributed by atoms with E-state index in [0.29, 0.717) is 30.3 Å². The fourth-order valence-electron chi connectivity index (χ4n) is 1.39. The van der Waals surface area contributed by atoms with E-state index in [4.69, 9.17) is 9.47 Å². The molecule has 1 heterocycles. The van der Waals surface area contributed by atoms with Crippen molar-refractivity contribution in [1.29, 1.82) is 0 Å². The van der Waals surface area contributed by atoms with Gasteiger partial charge in [0.1, 0.15) is 13.2 Å². The van der Waals surface area contributed by atoms with Crippen LogP contribution < -0.4 is 14.8 Å². The Hall–Kier alpha value is -1.71. The molecule has 1 aliphatic heterocycles. The molecule has 1 amide bonds. The molecule has 14 heavy (non-hydrogen) atoms. The van der Waals surface area contributed by atoms with Crippen LogP contribution in [0.2, 0.25) is 0 Å². The van der Waals surface area contributed by atoms with Gasteiger partial charge in [-0.15, -0.1) is 0 Å². The van der Waals surface area contributed by atoms with E-state index in [1.54, 1.807) is 25.2 Å². The van der Waals surface area contributed by atoms with E-state index in [1.807, 2.05) is 0 Å². The Balaban J connectivity index is 2.45. The zero-order chi connectivity index (χ0) is 9.97. The first-order valence-corrected chi connectivity index (χ1v) is 4.43. The standard InChI is InChI=1S/C10H11NO3/c1-11-10(12)7-3-2-4-8-9(7)14-6-5-13-8/h2-4H,5-6H2,1H3,(H,11,12). The summed E-state index contributed by atoms with van der Waals surface area (Å²) in [6.07, 6.45) is 0. The minimum atomic E-state index is -0.160. The molecule has 0 aliphatic carbocycles. The Labute approximate surface area is 81.8 Å². The zero-order valence-electron chi connectivity index (χ0n) is 7.87. The molecule has 0 bridgehead atoms. The first kappa shape index (κ1) is 8.87. The van der Waals surface area contributed by atoms with Crippen molar-refractivity contribution in [1.82, 2.24) is 5.32 Å². The molecule has 0 saturated heterocycles. The predicted molar refractivity (Wildman–Crippen MR) is 50.8 cm³/mol. The van der Waals surface area contributed by atoms with E-state index in [1.165, 1.54) is 0 Å². The van der Waals surface area contributed by atoms with Crippen molar-refractivity contribution in [3.05, 3.63) is 23.8 Å². The molecule has 4 nitrogen and oxygen atoms in total. The maximum atomic E-state index is 11.4. The smallest absolute Gasteiger partial charge is 0.254 e. The lowest BCUT2D eigenvalue weighted by atomic mass is 10.1. The van der Waals surface area contributed by atoms with Crippen molar-refractivity contribution in [2.75, 3.05) is 20.3 Å². The van der Waals surface area contributed by atoms with E-state index in [2.05, 4.69) is 5.32 Å². The minimum Gasteiger partial charge on any atom is -0.486 e. The molecule has 0 unspecified atom stereocenters. The van der Waals surface area contributed by atoms with Crippen LogP contribution in [0.3, 0.4) is 0 Å². The summed E-state index contributed by atoms with van der Waals surface area (Å²) < 4.78 is 10.7. The third-order valence-electron chi connectivity index (χ3n) is 2.04. The van der Waals surface area contributed by atoms with Gasteiger partial charge in [-0.1, -0.05) is 6.07 Å². The highest BCUT2D eigenvalue weighted by atomic mass is 16.6. The lowest BCUT2D eigenvalue weighted by Crippen LogP contribution is -2.22. The van der Waals surface area contributed by atoms with Crippen LogP contribution in [-0.4, -0.2) is 26.2 Å². The van der Waals surface area contributed by atoms with Crippen LogP contribution in [0, 0.1) is 0 Å². The quantitative estimate of drug-likeness (QED) is 0.718. The number of hydrogen-bond donors (Lipinski definition) is 1. The first-order chi connectivity index (χ1) is 6.83. The van der Waals surface area contributed by atoms with E-state index in [-0.39, 0.29) is 5.91 Å². The van der Waals surface area contributed by atoms with E-state index >= 15 is 0 Å². The lowest BCUT2D eigenvalue weighted by molar-refractivity contribution is 0.0952. The molecule has 1 aromatic rings. The number of carbonyl (C=O) groups is 1. The fraction of sp³-hybridized carbons (Fsp3) is 0.300. The van der Waals surface area contributed by atoms with Crippen molar-refractivity contribution >= 4 is 5.91 Å². The normalized spacial score (nSPS) is 13.5. The van der Waals surface area contributed by atoms with Gasteiger partial charge in [0.25, 0.3) is 5.91 Å². The SMILES string of the molecule is CNC(=O)c1cccc2c1OCCO2.